The molecule has 1 heterocycles. The van der Waals surface area contributed by atoms with Gasteiger partial charge < -0.3 is 14.4 Å². The van der Waals surface area contributed by atoms with Crippen molar-refractivity contribution in [3.05, 3.63) is 0 Å². The van der Waals surface area contributed by atoms with E-state index in [9.17, 15) is 4.79 Å². The molecule has 1 fully saturated rings. The van der Waals surface area contributed by atoms with Gasteiger partial charge in [-0.05, 0) is 24.6 Å². The van der Waals surface area contributed by atoms with E-state index < -0.39 is 14.4 Å². The van der Waals surface area contributed by atoms with E-state index in [4.69, 9.17) is 9.53 Å². The van der Waals surface area contributed by atoms with Crippen LogP contribution in [0.25, 0.3) is 0 Å². The standard InChI is InChI=1S/C11H23NO3Si/c1-11(2,3)16(4,5)15-9-6-7-12(8-9)10(13)14/h9H,6-8H2,1-5H3,(H,13,14)/t9-/m1/s1. The Kier molecular flexibility index (Phi) is 3.69. The van der Waals surface area contributed by atoms with Crippen LogP contribution in [0.4, 0.5) is 4.79 Å². The zero-order chi connectivity index (χ0) is 12.6. The lowest BCUT2D eigenvalue weighted by Gasteiger charge is -2.38. The molecule has 4 nitrogen and oxygen atoms in total. The number of carboxylic acid groups (broad SMARTS) is 1. The Morgan fingerprint density at radius 3 is 2.38 bits per heavy atom. The van der Waals surface area contributed by atoms with Crippen LogP contribution in [-0.2, 0) is 4.43 Å². The maximum absolute atomic E-state index is 10.8. The van der Waals surface area contributed by atoms with Crippen LogP contribution < -0.4 is 0 Å². The van der Waals surface area contributed by atoms with E-state index in [0.717, 1.165) is 6.42 Å². The molecule has 1 atom stereocenters. The quantitative estimate of drug-likeness (QED) is 0.761. The first-order chi connectivity index (χ1) is 7.13. The van der Waals surface area contributed by atoms with Gasteiger partial charge in [0.15, 0.2) is 8.32 Å². The SMILES string of the molecule is CC(C)(C)[Si](C)(C)O[C@@H]1CCN(C(=O)O)C1. The first kappa shape index (κ1) is 13.5. The summed E-state index contributed by atoms with van der Waals surface area (Å²) in [4.78, 5) is 12.2. The predicted molar refractivity (Wildman–Crippen MR) is 66.3 cm³/mol. The summed E-state index contributed by atoms with van der Waals surface area (Å²) in [6, 6.07) is 0. The summed E-state index contributed by atoms with van der Waals surface area (Å²) in [5.41, 5.74) is 0. The Hall–Kier alpha value is -0.553. The third kappa shape index (κ3) is 2.98. The van der Waals surface area contributed by atoms with Gasteiger partial charge in [-0.1, -0.05) is 20.8 Å². The third-order valence-electron chi connectivity index (χ3n) is 3.68. The smallest absolute Gasteiger partial charge is 0.407 e. The van der Waals surface area contributed by atoms with Crippen molar-refractivity contribution >= 4 is 14.4 Å². The van der Waals surface area contributed by atoms with Crippen LogP contribution >= 0.6 is 0 Å². The molecule has 1 saturated heterocycles. The van der Waals surface area contributed by atoms with E-state index in [2.05, 4.69) is 33.9 Å². The summed E-state index contributed by atoms with van der Waals surface area (Å²) in [6.45, 7) is 12.1. The van der Waals surface area contributed by atoms with Crippen LogP contribution in [0.2, 0.25) is 18.1 Å². The topological polar surface area (TPSA) is 49.8 Å². The molecule has 0 aromatic rings. The maximum Gasteiger partial charge on any atom is 0.407 e. The molecule has 0 radical (unpaired) electrons. The summed E-state index contributed by atoms with van der Waals surface area (Å²) in [6.07, 6.45) is 0.0945. The van der Waals surface area contributed by atoms with Crippen molar-refractivity contribution in [3.63, 3.8) is 0 Å². The highest BCUT2D eigenvalue weighted by Crippen LogP contribution is 2.38. The molecule has 0 aromatic heterocycles. The van der Waals surface area contributed by atoms with Crippen molar-refractivity contribution in [1.29, 1.82) is 0 Å². The maximum atomic E-state index is 10.8. The van der Waals surface area contributed by atoms with Crippen molar-refractivity contribution in [2.24, 2.45) is 0 Å². The molecule has 0 spiro atoms. The number of rotatable bonds is 2. The van der Waals surface area contributed by atoms with Gasteiger partial charge >= 0.3 is 6.09 Å². The second-order valence-corrected chi connectivity index (χ2v) is 10.8. The molecule has 0 bridgehead atoms. The van der Waals surface area contributed by atoms with E-state index in [-0.39, 0.29) is 11.1 Å². The first-order valence-corrected chi connectivity index (χ1v) is 8.70. The lowest BCUT2D eigenvalue weighted by Crippen LogP contribution is -2.44. The Balaban J connectivity index is 2.54. The number of amides is 1. The van der Waals surface area contributed by atoms with Gasteiger partial charge in [-0.3, -0.25) is 0 Å². The van der Waals surface area contributed by atoms with Gasteiger partial charge in [0.05, 0.1) is 6.10 Å². The minimum absolute atomic E-state index is 0.0944. The first-order valence-electron chi connectivity index (χ1n) is 5.79. The summed E-state index contributed by atoms with van der Waals surface area (Å²) >= 11 is 0. The van der Waals surface area contributed by atoms with Crippen LogP contribution in [0.15, 0.2) is 0 Å². The van der Waals surface area contributed by atoms with E-state index in [0.29, 0.717) is 13.1 Å². The number of carbonyl (C=O) groups is 1. The van der Waals surface area contributed by atoms with Crippen molar-refractivity contribution < 1.29 is 14.3 Å². The van der Waals surface area contributed by atoms with Gasteiger partial charge in [0, 0.05) is 13.1 Å². The molecule has 1 aliphatic heterocycles. The summed E-state index contributed by atoms with van der Waals surface area (Å²) in [5.74, 6) is 0. The Morgan fingerprint density at radius 2 is 2.00 bits per heavy atom. The van der Waals surface area contributed by atoms with Crippen molar-refractivity contribution in [3.8, 4) is 0 Å². The van der Waals surface area contributed by atoms with Crippen LogP contribution in [0.1, 0.15) is 27.2 Å². The van der Waals surface area contributed by atoms with Crippen LogP contribution in [0.5, 0.6) is 0 Å². The Morgan fingerprint density at radius 1 is 1.44 bits per heavy atom. The second-order valence-electron chi connectivity index (χ2n) is 6.02. The third-order valence-corrected chi connectivity index (χ3v) is 8.22. The normalized spacial score (nSPS) is 22.6. The summed E-state index contributed by atoms with van der Waals surface area (Å²) < 4.78 is 6.18. The molecule has 1 N–H and O–H groups in total. The minimum atomic E-state index is -1.75. The van der Waals surface area contributed by atoms with Crippen molar-refractivity contribution in [2.75, 3.05) is 13.1 Å². The fraction of sp³-hybridized carbons (Fsp3) is 0.909. The van der Waals surface area contributed by atoms with E-state index in [1.54, 1.807) is 0 Å². The molecule has 94 valence electrons. The molecule has 0 unspecified atom stereocenters. The molecule has 1 aliphatic rings. The van der Waals surface area contributed by atoms with Gasteiger partial charge in [0.2, 0.25) is 0 Å². The monoisotopic (exact) mass is 245 g/mol. The zero-order valence-corrected chi connectivity index (χ0v) is 11.9. The van der Waals surface area contributed by atoms with Gasteiger partial charge in [0.1, 0.15) is 0 Å². The summed E-state index contributed by atoms with van der Waals surface area (Å²) in [7, 11) is -1.75. The van der Waals surface area contributed by atoms with E-state index in [1.165, 1.54) is 4.90 Å². The van der Waals surface area contributed by atoms with Gasteiger partial charge in [0.25, 0.3) is 0 Å². The highest BCUT2D eigenvalue weighted by molar-refractivity contribution is 6.74. The molecule has 1 rings (SSSR count). The average molecular weight is 245 g/mol. The predicted octanol–water partition coefficient (Wildman–Crippen LogP) is 2.76. The molecular weight excluding hydrogens is 222 g/mol. The Labute approximate surface area is 98.7 Å². The average Bonchev–Trinajstić information content (AvgIpc) is 2.49. The van der Waals surface area contributed by atoms with Crippen molar-refractivity contribution in [2.45, 2.75) is 51.4 Å². The zero-order valence-electron chi connectivity index (χ0n) is 10.9. The number of hydrogen-bond donors (Lipinski definition) is 1. The molecule has 5 heteroatoms. The molecule has 0 aliphatic carbocycles. The van der Waals surface area contributed by atoms with Gasteiger partial charge in [-0.15, -0.1) is 0 Å². The van der Waals surface area contributed by atoms with E-state index in [1.807, 2.05) is 0 Å². The van der Waals surface area contributed by atoms with Crippen LogP contribution in [0.3, 0.4) is 0 Å². The fourth-order valence-corrected chi connectivity index (χ4v) is 2.97. The number of nitrogens with zero attached hydrogens (tertiary/aromatic N) is 1. The molecule has 1 amide bonds. The summed E-state index contributed by atoms with van der Waals surface area (Å²) in [5, 5.41) is 9.06. The molecule has 0 saturated carbocycles. The van der Waals surface area contributed by atoms with Crippen LogP contribution in [0, 0.1) is 0 Å². The molecule has 0 aromatic carbocycles. The molecular formula is C11H23NO3Si. The van der Waals surface area contributed by atoms with Gasteiger partial charge in [-0.2, -0.15) is 0 Å². The fourth-order valence-electron chi connectivity index (χ4n) is 1.59. The minimum Gasteiger partial charge on any atom is -0.465 e. The largest absolute Gasteiger partial charge is 0.465 e. The Bertz CT molecular complexity index is 273. The second kappa shape index (κ2) is 4.37. The number of likely N-dealkylation sites (tertiary alicyclic amines) is 1. The number of hydrogen-bond acceptors (Lipinski definition) is 2. The highest BCUT2D eigenvalue weighted by Gasteiger charge is 2.40. The molecule has 16 heavy (non-hydrogen) atoms. The van der Waals surface area contributed by atoms with Gasteiger partial charge in [-0.25, -0.2) is 4.79 Å². The lowest BCUT2D eigenvalue weighted by molar-refractivity contribution is 0.142. The highest BCUT2D eigenvalue weighted by atomic mass is 28.4. The lowest BCUT2D eigenvalue weighted by atomic mass is 10.2. The van der Waals surface area contributed by atoms with E-state index >= 15 is 0 Å². The van der Waals surface area contributed by atoms with Crippen molar-refractivity contribution in [1.82, 2.24) is 4.90 Å². The van der Waals surface area contributed by atoms with Crippen LogP contribution in [-0.4, -0.2) is 43.6 Å².